The van der Waals surface area contributed by atoms with Crippen LogP contribution in [0.3, 0.4) is 0 Å². The summed E-state index contributed by atoms with van der Waals surface area (Å²) in [5.41, 5.74) is 3.38. The van der Waals surface area contributed by atoms with Gasteiger partial charge in [0.1, 0.15) is 0 Å². The molecule has 6 nitrogen and oxygen atoms in total. The van der Waals surface area contributed by atoms with Crippen molar-refractivity contribution in [3.05, 3.63) is 17.0 Å². The first kappa shape index (κ1) is 15.0. The standard InChI is InChI=1S/C14H23N3O3/c1-9(2)17-11(4)12(10(3)15-17)7-16-5-6-20-13(8-16)14(18)19/h9,13H,5-8H2,1-4H3,(H,18,19)/t13-/m1/s1. The molecule has 0 bridgehead atoms. The molecule has 0 aliphatic carbocycles. The summed E-state index contributed by atoms with van der Waals surface area (Å²) in [6.07, 6.45) is -0.718. The molecule has 1 aromatic heterocycles. The second-order valence-electron chi connectivity index (χ2n) is 5.62. The van der Waals surface area contributed by atoms with Crippen LogP contribution in [0.2, 0.25) is 0 Å². The molecule has 0 amide bonds. The fourth-order valence-electron chi connectivity index (χ4n) is 2.65. The van der Waals surface area contributed by atoms with Crippen molar-refractivity contribution in [2.24, 2.45) is 0 Å². The fraction of sp³-hybridized carbons (Fsp3) is 0.714. The lowest BCUT2D eigenvalue weighted by Crippen LogP contribution is -2.45. The highest BCUT2D eigenvalue weighted by Crippen LogP contribution is 2.20. The van der Waals surface area contributed by atoms with E-state index in [4.69, 9.17) is 9.84 Å². The van der Waals surface area contributed by atoms with Crippen LogP contribution in [0.1, 0.15) is 36.8 Å². The van der Waals surface area contributed by atoms with E-state index in [0.29, 0.717) is 19.2 Å². The molecule has 1 N–H and O–H groups in total. The van der Waals surface area contributed by atoms with Crippen molar-refractivity contribution < 1.29 is 14.6 Å². The van der Waals surface area contributed by atoms with Gasteiger partial charge in [0.05, 0.1) is 12.3 Å². The molecule has 0 aromatic carbocycles. The van der Waals surface area contributed by atoms with Crippen molar-refractivity contribution in [2.45, 2.75) is 46.4 Å². The average Bonchev–Trinajstić information content (AvgIpc) is 2.67. The highest BCUT2D eigenvalue weighted by atomic mass is 16.5. The zero-order valence-electron chi connectivity index (χ0n) is 12.6. The molecular formula is C14H23N3O3. The number of carboxylic acids is 1. The van der Waals surface area contributed by atoms with Gasteiger partial charge in [0.2, 0.25) is 0 Å². The number of hydrogen-bond acceptors (Lipinski definition) is 4. The van der Waals surface area contributed by atoms with Crippen LogP contribution in [0, 0.1) is 13.8 Å². The zero-order chi connectivity index (χ0) is 14.9. The molecule has 1 aliphatic heterocycles. The van der Waals surface area contributed by atoms with E-state index in [1.807, 2.05) is 11.6 Å². The SMILES string of the molecule is Cc1nn(C(C)C)c(C)c1CN1CCO[C@@H](C(=O)O)C1. The summed E-state index contributed by atoms with van der Waals surface area (Å²) in [5.74, 6) is -0.888. The average molecular weight is 281 g/mol. The molecule has 0 spiro atoms. The van der Waals surface area contributed by atoms with Crippen molar-refractivity contribution >= 4 is 5.97 Å². The summed E-state index contributed by atoms with van der Waals surface area (Å²) in [6, 6.07) is 0.332. The van der Waals surface area contributed by atoms with Crippen molar-refractivity contribution in [2.75, 3.05) is 19.7 Å². The number of rotatable bonds is 4. The van der Waals surface area contributed by atoms with Gasteiger partial charge < -0.3 is 9.84 Å². The summed E-state index contributed by atoms with van der Waals surface area (Å²) in [7, 11) is 0. The highest BCUT2D eigenvalue weighted by molar-refractivity contribution is 5.72. The molecule has 1 aromatic rings. The van der Waals surface area contributed by atoms with Crippen LogP contribution < -0.4 is 0 Å². The molecule has 0 unspecified atom stereocenters. The van der Waals surface area contributed by atoms with Gasteiger partial charge in [-0.1, -0.05) is 0 Å². The summed E-state index contributed by atoms with van der Waals surface area (Å²) >= 11 is 0. The molecule has 1 atom stereocenters. The maximum Gasteiger partial charge on any atom is 0.334 e. The Labute approximate surface area is 119 Å². The van der Waals surface area contributed by atoms with Crippen LogP contribution in [0.25, 0.3) is 0 Å². The summed E-state index contributed by atoms with van der Waals surface area (Å²) in [6.45, 7) is 10.7. The lowest BCUT2D eigenvalue weighted by Gasteiger charge is -2.30. The molecule has 20 heavy (non-hydrogen) atoms. The van der Waals surface area contributed by atoms with Gasteiger partial charge in [0.15, 0.2) is 6.10 Å². The van der Waals surface area contributed by atoms with Crippen LogP contribution in [0.15, 0.2) is 0 Å². The molecule has 0 saturated carbocycles. The van der Waals surface area contributed by atoms with Crippen LogP contribution in [0.4, 0.5) is 0 Å². The fourth-order valence-corrected chi connectivity index (χ4v) is 2.65. The number of carbonyl (C=O) groups is 1. The molecule has 1 saturated heterocycles. The van der Waals surface area contributed by atoms with E-state index in [1.54, 1.807) is 0 Å². The third kappa shape index (κ3) is 3.02. The van der Waals surface area contributed by atoms with E-state index >= 15 is 0 Å². The number of morpholine rings is 1. The zero-order valence-corrected chi connectivity index (χ0v) is 12.6. The van der Waals surface area contributed by atoms with Gasteiger partial charge in [-0.15, -0.1) is 0 Å². The van der Waals surface area contributed by atoms with Gasteiger partial charge >= 0.3 is 5.97 Å². The number of hydrogen-bond donors (Lipinski definition) is 1. The Morgan fingerprint density at radius 2 is 2.20 bits per heavy atom. The number of aliphatic carboxylic acids is 1. The summed E-state index contributed by atoms with van der Waals surface area (Å²) in [5, 5.41) is 13.6. The van der Waals surface area contributed by atoms with Crippen LogP contribution in [-0.4, -0.2) is 51.6 Å². The second-order valence-corrected chi connectivity index (χ2v) is 5.62. The van der Waals surface area contributed by atoms with Crippen molar-refractivity contribution in [3.8, 4) is 0 Å². The number of carboxylic acid groups (broad SMARTS) is 1. The maximum absolute atomic E-state index is 11.0. The topological polar surface area (TPSA) is 67.6 Å². The first-order valence-corrected chi connectivity index (χ1v) is 7.01. The van der Waals surface area contributed by atoms with E-state index < -0.39 is 12.1 Å². The summed E-state index contributed by atoms with van der Waals surface area (Å²) in [4.78, 5) is 13.1. The Morgan fingerprint density at radius 3 is 2.75 bits per heavy atom. The van der Waals surface area contributed by atoms with Gasteiger partial charge in [0, 0.05) is 36.9 Å². The van der Waals surface area contributed by atoms with Gasteiger partial charge in [-0.2, -0.15) is 5.10 Å². The second kappa shape index (κ2) is 5.93. The van der Waals surface area contributed by atoms with Crippen LogP contribution >= 0.6 is 0 Å². The van der Waals surface area contributed by atoms with Crippen molar-refractivity contribution in [1.29, 1.82) is 0 Å². The lowest BCUT2D eigenvalue weighted by molar-refractivity contribution is -0.156. The minimum absolute atomic E-state index is 0.332. The largest absolute Gasteiger partial charge is 0.479 e. The minimum atomic E-state index is -0.888. The van der Waals surface area contributed by atoms with Crippen molar-refractivity contribution in [1.82, 2.24) is 14.7 Å². The molecule has 112 valence electrons. The third-order valence-corrected chi connectivity index (χ3v) is 3.77. The number of nitrogens with zero attached hydrogens (tertiary/aromatic N) is 3. The molecule has 1 fully saturated rings. The number of ether oxygens (including phenoxy) is 1. The number of aromatic nitrogens is 2. The van der Waals surface area contributed by atoms with Gasteiger partial charge in [-0.25, -0.2) is 4.79 Å². The van der Waals surface area contributed by atoms with Gasteiger partial charge in [-0.3, -0.25) is 9.58 Å². The monoisotopic (exact) mass is 281 g/mol. The van der Waals surface area contributed by atoms with Crippen LogP contribution in [0.5, 0.6) is 0 Å². The molecule has 0 radical (unpaired) electrons. The molecule has 2 rings (SSSR count). The predicted octanol–water partition coefficient (Wildman–Crippen LogP) is 1.37. The smallest absolute Gasteiger partial charge is 0.334 e. The predicted molar refractivity (Wildman–Crippen MR) is 74.7 cm³/mol. The van der Waals surface area contributed by atoms with Gasteiger partial charge in [0.25, 0.3) is 0 Å². The quantitative estimate of drug-likeness (QED) is 0.902. The maximum atomic E-state index is 11.0. The normalized spacial score (nSPS) is 20.6. The summed E-state index contributed by atoms with van der Waals surface area (Å²) < 4.78 is 7.28. The Kier molecular flexibility index (Phi) is 4.45. The first-order valence-electron chi connectivity index (χ1n) is 7.01. The molecule has 6 heteroatoms. The van der Waals surface area contributed by atoms with Gasteiger partial charge in [-0.05, 0) is 27.7 Å². The third-order valence-electron chi connectivity index (χ3n) is 3.77. The van der Waals surface area contributed by atoms with Crippen LogP contribution in [-0.2, 0) is 16.1 Å². The van der Waals surface area contributed by atoms with E-state index in [2.05, 4.69) is 30.8 Å². The molecular weight excluding hydrogens is 258 g/mol. The highest BCUT2D eigenvalue weighted by Gasteiger charge is 2.27. The minimum Gasteiger partial charge on any atom is -0.479 e. The molecule has 2 heterocycles. The van der Waals surface area contributed by atoms with E-state index in [9.17, 15) is 4.79 Å². The van der Waals surface area contributed by atoms with Crippen molar-refractivity contribution in [3.63, 3.8) is 0 Å². The van der Waals surface area contributed by atoms with E-state index in [1.165, 1.54) is 5.56 Å². The van der Waals surface area contributed by atoms with E-state index in [-0.39, 0.29) is 0 Å². The Bertz CT molecular complexity index is 496. The molecule has 1 aliphatic rings. The Morgan fingerprint density at radius 1 is 1.50 bits per heavy atom. The number of aryl methyl sites for hydroxylation is 1. The lowest BCUT2D eigenvalue weighted by atomic mass is 10.1. The Hall–Kier alpha value is -1.40. The first-order chi connectivity index (χ1) is 9.40. The van der Waals surface area contributed by atoms with E-state index in [0.717, 1.165) is 24.5 Å². The Balaban J connectivity index is 2.12.